The van der Waals surface area contributed by atoms with Gasteiger partial charge in [0.1, 0.15) is 17.1 Å². The number of nitro groups is 1. The number of carbonyl (C=O) groups is 1. The molecule has 1 N–H and O–H groups in total. The van der Waals surface area contributed by atoms with Crippen LogP contribution >= 0.6 is 0 Å². The molecule has 144 valence electrons. The Kier molecular flexibility index (Phi) is 6.58. The van der Waals surface area contributed by atoms with Crippen LogP contribution in [0.5, 0.6) is 5.75 Å². The fourth-order valence-corrected chi connectivity index (χ4v) is 2.45. The number of hydrogen-bond acceptors (Lipinski definition) is 5. The molecular formula is C17H18F2N4O4. The molecule has 1 aromatic carbocycles. The normalized spacial score (nSPS) is 11.1. The molecule has 0 radical (unpaired) electrons. The number of halogens is 2. The van der Waals surface area contributed by atoms with E-state index in [0.717, 1.165) is 0 Å². The standard InChI is InChI=1S/C17H18F2N4O4/c1-11-16(23(25)26)12(2)22(21-11)10-9-20-15(24)8-5-13-3-6-14(7-4-13)27-17(18)19/h3-8,17H,9-10H2,1-2H3,(H,20,24)/b8-5-. The van der Waals surface area contributed by atoms with Gasteiger partial charge in [-0.3, -0.25) is 19.6 Å². The zero-order valence-corrected chi connectivity index (χ0v) is 14.7. The second-order valence-corrected chi connectivity index (χ2v) is 5.57. The van der Waals surface area contributed by atoms with Crippen LogP contribution < -0.4 is 10.1 Å². The van der Waals surface area contributed by atoms with Gasteiger partial charge in [0.05, 0.1) is 11.5 Å². The number of nitrogens with one attached hydrogen (secondary N) is 1. The van der Waals surface area contributed by atoms with E-state index in [1.54, 1.807) is 13.8 Å². The predicted octanol–water partition coefficient (Wildman–Crippen LogP) is 2.84. The third-order valence-electron chi connectivity index (χ3n) is 3.68. The van der Waals surface area contributed by atoms with Gasteiger partial charge in [-0.1, -0.05) is 12.1 Å². The molecule has 1 aromatic heterocycles. The van der Waals surface area contributed by atoms with Gasteiger partial charge in [-0.05, 0) is 37.6 Å². The number of aromatic nitrogens is 2. The van der Waals surface area contributed by atoms with Crippen molar-refractivity contribution in [1.82, 2.24) is 15.1 Å². The molecule has 0 aliphatic rings. The highest BCUT2D eigenvalue weighted by Crippen LogP contribution is 2.21. The Morgan fingerprint density at radius 2 is 2.04 bits per heavy atom. The second kappa shape index (κ2) is 8.88. The molecule has 1 heterocycles. The maximum absolute atomic E-state index is 12.1. The van der Waals surface area contributed by atoms with Gasteiger partial charge in [-0.15, -0.1) is 0 Å². The molecule has 0 aliphatic heterocycles. The van der Waals surface area contributed by atoms with Crippen LogP contribution in [0.15, 0.2) is 30.3 Å². The van der Waals surface area contributed by atoms with Crippen molar-refractivity contribution in [2.45, 2.75) is 27.0 Å². The van der Waals surface area contributed by atoms with Gasteiger partial charge in [0, 0.05) is 12.6 Å². The van der Waals surface area contributed by atoms with E-state index >= 15 is 0 Å². The average Bonchev–Trinajstić information content (AvgIpc) is 2.87. The van der Waals surface area contributed by atoms with E-state index in [2.05, 4.69) is 15.2 Å². The highest BCUT2D eigenvalue weighted by atomic mass is 19.3. The Hall–Kier alpha value is -3.30. The number of amides is 1. The van der Waals surface area contributed by atoms with Gasteiger partial charge in [0.15, 0.2) is 0 Å². The lowest BCUT2D eigenvalue weighted by molar-refractivity contribution is -0.386. The molecule has 0 spiro atoms. The summed E-state index contributed by atoms with van der Waals surface area (Å²) in [7, 11) is 0. The van der Waals surface area contributed by atoms with E-state index in [1.165, 1.54) is 41.1 Å². The Morgan fingerprint density at radius 3 is 2.59 bits per heavy atom. The highest BCUT2D eigenvalue weighted by Gasteiger charge is 2.21. The first-order valence-electron chi connectivity index (χ1n) is 7.97. The fraction of sp³-hybridized carbons (Fsp3) is 0.294. The summed E-state index contributed by atoms with van der Waals surface area (Å²) in [4.78, 5) is 22.3. The van der Waals surface area contributed by atoms with E-state index < -0.39 is 11.5 Å². The zero-order valence-electron chi connectivity index (χ0n) is 14.7. The van der Waals surface area contributed by atoms with Crippen LogP contribution in [0.2, 0.25) is 0 Å². The minimum absolute atomic E-state index is 0.0273. The minimum atomic E-state index is -2.89. The Bertz CT molecular complexity index is 847. The van der Waals surface area contributed by atoms with Crippen molar-refractivity contribution >= 4 is 17.7 Å². The molecule has 1 amide bonds. The summed E-state index contributed by atoms with van der Waals surface area (Å²) < 4.78 is 29.9. The Balaban J connectivity index is 1.85. The summed E-state index contributed by atoms with van der Waals surface area (Å²) in [6, 6.07) is 5.83. The van der Waals surface area contributed by atoms with E-state index in [9.17, 15) is 23.7 Å². The molecule has 0 bridgehead atoms. The molecule has 27 heavy (non-hydrogen) atoms. The summed E-state index contributed by atoms with van der Waals surface area (Å²) in [5, 5.41) is 17.7. The summed E-state index contributed by atoms with van der Waals surface area (Å²) in [5.74, 6) is -0.329. The third-order valence-corrected chi connectivity index (χ3v) is 3.68. The van der Waals surface area contributed by atoms with Crippen LogP contribution in [0.3, 0.4) is 0 Å². The first-order chi connectivity index (χ1) is 12.8. The molecule has 0 unspecified atom stereocenters. The topological polar surface area (TPSA) is 99.3 Å². The number of ether oxygens (including phenoxy) is 1. The lowest BCUT2D eigenvalue weighted by atomic mass is 10.2. The molecule has 2 aromatic rings. The highest BCUT2D eigenvalue weighted by molar-refractivity contribution is 5.91. The van der Waals surface area contributed by atoms with E-state index in [-0.39, 0.29) is 23.9 Å². The molecular weight excluding hydrogens is 362 g/mol. The van der Waals surface area contributed by atoms with Gasteiger partial charge < -0.3 is 10.1 Å². The number of rotatable bonds is 8. The third kappa shape index (κ3) is 5.59. The number of hydrogen-bond donors (Lipinski definition) is 1. The van der Waals surface area contributed by atoms with Crippen LogP contribution in [0.25, 0.3) is 6.08 Å². The van der Waals surface area contributed by atoms with Gasteiger partial charge in [-0.25, -0.2) is 0 Å². The SMILES string of the molecule is Cc1nn(CCNC(=O)/C=C\c2ccc(OC(F)F)cc2)c(C)c1[N+](=O)[O-]. The molecule has 0 aliphatic carbocycles. The van der Waals surface area contributed by atoms with Crippen LogP contribution in [0.1, 0.15) is 17.0 Å². The Morgan fingerprint density at radius 1 is 1.37 bits per heavy atom. The molecule has 8 nitrogen and oxygen atoms in total. The van der Waals surface area contributed by atoms with E-state index in [4.69, 9.17) is 0 Å². The number of alkyl halides is 2. The summed E-state index contributed by atoms with van der Waals surface area (Å²) in [5.41, 5.74) is 1.36. The van der Waals surface area contributed by atoms with Crippen molar-refractivity contribution in [1.29, 1.82) is 0 Å². The molecule has 10 heteroatoms. The maximum Gasteiger partial charge on any atom is 0.387 e. The van der Waals surface area contributed by atoms with Crippen LogP contribution in [-0.2, 0) is 11.3 Å². The van der Waals surface area contributed by atoms with Crippen molar-refractivity contribution in [3.8, 4) is 5.75 Å². The number of benzene rings is 1. The number of aryl methyl sites for hydroxylation is 1. The van der Waals surface area contributed by atoms with Gasteiger partial charge in [0.25, 0.3) is 0 Å². The largest absolute Gasteiger partial charge is 0.435 e. The van der Waals surface area contributed by atoms with Crippen molar-refractivity contribution in [2.75, 3.05) is 6.54 Å². The lowest BCUT2D eigenvalue weighted by Gasteiger charge is -2.05. The Labute approximate surface area is 153 Å². The average molecular weight is 380 g/mol. The van der Waals surface area contributed by atoms with Crippen LogP contribution in [0, 0.1) is 24.0 Å². The molecule has 2 rings (SSSR count). The van der Waals surface area contributed by atoms with Crippen molar-refractivity contribution in [3.63, 3.8) is 0 Å². The van der Waals surface area contributed by atoms with Crippen LogP contribution in [0.4, 0.5) is 14.5 Å². The van der Waals surface area contributed by atoms with Crippen molar-refractivity contribution < 1.29 is 23.2 Å². The van der Waals surface area contributed by atoms with Crippen molar-refractivity contribution in [3.05, 3.63) is 57.4 Å². The number of nitrogens with zero attached hydrogens (tertiary/aromatic N) is 3. The predicted molar refractivity (Wildman–Crippen MR) is 93.5 cm³/mol. The van der Waals surface area contributed by atoms with Gasteiger partial charge in [0.2, 0.25) is 5.91 Å². The quantitative estimate of drug-likeness (QED) is 0.431. The van der Waals surface area contributed by atoms with E-state index in [1.807, 2.05) is 0 Å². The monoisotopic (exact) mass is 380 g/mol. The second-order valence-electron chi connectivity index (χ2n) is 5.57. The number of carbonyl (C=O) groups excluding carboxylic acids is 1. The summed E-state index contributed by atoms with van der Waals surface area (Å²) in [6.07, 6.45) is 2.82. The first-order valence-corrected chi connectivity index (χ1v) is 7.97. The van der Waals surface area contributed by atoms with Crippen LogP contribution in [-0.4, -0.2) is 33.8 Å². The van der Waals surface area contributed by atoms with Gasteiger partial charge in [-0.2, -0.15) is 13.9 Å². The molecule has 0 saturated carbocycles. The fourth-order valence-electron chi connectivity index (χ4n) is 2.45. The minimum Gasteiger partial charge on any atom is -0.435 e. The summed E-state index contributed by atoms with van der Waals surface area (Å²) >= 11 is 0. The van der Waals surface area contributed by atoms with Crippen molar-refractivity contribution in [2.24, 2.45) is 0 Å². The molecule has 0 saturated heterocycles. The zero-order chi connectivity index (χ0) is 20.0. The summed E-state index contributed by atoms with van der Waals surface area (Å²) in [6.45, 7) is 0.797. The lowest BCUT2D eigenvalue weighted by Crippen LogP contribution is -2.26. The molecule has 0 fully saturated rings. The maximum atomic E-state index is 12.1. The van der Waals surface area contributed by atoms with E-state index in [0.29, 0.717) is 23.5 Å². The molecule has 0 atom stereocenters. The smallest absolute Gasteiger partial charge is 0.387 e. The first kappa shape index (κ1) is 20.0. The van der Waals surface area contributed by atoms with Gasteiger partial charge >= 0.3 is 12.3 Å².